The molecule has 1 aliphatic rings. The number of carbonyl (C=O) groups is 1. The summed E-state index contributed by atoms with van der Waals surface area (Å²) in [6, 6.07) is 10.2. The monoisotopic (exact) mass is 298 g/mol. The number of rotatable bonds is 6. The van der Waals surface area contributed by atoms with Gasteiger partial charge in [0.1, 0.15) is 0 Å². The maximum atomic E-state index is 12.4. The lowest BCUT2D eigenvalue weighted by Gasteiger charge is -2.15. The Morgan fingerprint density at radius 2 is 2.14 bits per heavy atom. The summed E-state index contributed by atoms with van der Waals surface area (Å²) in [5, 5.41) is 7.40. The van der Waals surface area contributed by atoms with Crippen LogP contribution in [0.2, 0.25) is 0 Å². The fourth-order valence-corrected chi connectivity index (χ4v) is 2.70. The first-order valence-electron chi connectivity index (χ1n) is 7.76. The zero-order valence-corrected chi connectivity index (χ0v) is 12.8. The molecule has 22 heavy (non-hydrogen) atoms. The van der Waals surface area contributed by atoms with Crippen molar-refractivity contribution in [2.75, 3.05) is 6.54 Å². The number of benzene rings is 1. The zero-order valence-electron chi connectivity index (χ0n) is 12.8. The fraction of sp³-hybridized carbons (Fsp3) is 0.412. The molecular formula is C17H22N4O. The Morgan fingerprint density at radius 1 is 1.41 bits per heavy atom. The van der Waals surface area contributed by atoms with Gasteiger partial charge < -0.3 is 11.1 Å². The van der Waals surface area contributed by atoms with Crippen LogP contribution in [0.4, 0.5) is 0 Å². The molecule has 1 aliphatic carbocycles. The second kappa shape index (κ2) is 6.32. The van der Waals surface area contributed by atoms with Gasteiger partial charge in [-0.25, -0.2) is 0 Å². The van der Waals surface area contributed by atoms with Crippen molar-refractivity contribution >= 4 is 5.91 Å². The second-order valence-corrected chi connectivity index (χ2v) is 5.94. The summed E-state index contributed by atoms with van der Waals surface area (Å²) in [6.45, 7) is 3.09. The topological polar surface area (TPSA) is 72.9 Å². The summed E-state index contributed by atoms with van der Waals surface area (Å²) in [6.07, 6.45) is 3.97. The molecule has 5 heteroatoms. The number of carbonyl (C=O) groups excluding carboxylic acids is 1. The van der Waals surface area contributed by atoms with Gasteiger partial charge >= 0.3 is 0 Å². The molecule has 0 spiro atoms. The third kappa shape index (κ3) is 3.20. The van der Waals surface area contributed by atoms with E-state index in [0.29, 0.717) is 24.6 Å². The molecule has 1 atom stereocenters. The quantitative estimate of drug-likeness (QED) is 0.852. The number of amides is 1. The maximum absolute atomic E-state index is 12.4. The Morgan fingerprint density at radius 3 is 2.77 bits per heavy atom. The van der Waals surface area contributed by atoms with Gasteiger partial charge in [-0.1, -0.05) is 30.3 Å². The molecule has 3 N–H and O–H groups in total. The first-order chi connectivity index (χ1) is 10.7. The SMILES string of the molecule is Cc1c(C(=O)NC(CN)C2CC2)cnn1Cc1ccccc1. The molecule has 3 rings (SSSR count). The average molecular weight is 298 g/mol. The van der Waals surface area contributed by atoms with Crippen LogP contribution >= 0.6 is 0 Å². The van der Waals surface area contributed by atoms with E-state index in [1.807, 2.05) is 29.8 Å². The van der Waals surface area contributed by atoms with E-state index in [0.717, 1.165) is 18.5 Å². The van der Waals surface area contributed by atoms with Crippen molar-refractivity contribution in [3.05, 3.63) is 53.3 Å². The van der Waals surface area contributed by atoms with Crippen LogP contribution in [0.5, 0.6) is 0 Å². The predicted molar refractivity (Wildman–Crippen MR) is 85.5 cm³/mol. The summed E-state index contributed by atoms with van der Waals surface area (Å²) in [5.74, 6) is 0.479. The van der Waals surface area contributed by atoms with Crippen molar-refractivity contribution in [1.29, 1.82) is 0 Å². The predicted octanol–water partition coefficient (Wildman–Crippen LogP) is 1.71. The van der Waals surface area contributed by atoms with Gasteiger partial charge in [-0.3, -0.25) is 9.48 Å². The molecular weight excluding hydrogens is 276 g/mol. The third-order valence-electron chi connectivity index (χ3n) is 4.28. The van der Waals surface area contributed by atoms with Crippen LogP contribution in [0.25, 0.3) is 0 Å². The lowest BCUT2D eigenvalue weighted by molar-refractivity contribution is 0.0932. The maximum Gasteiger partial charge on any atom is 0.255 e. The molecule has 5 nitrogen and oxygen atoms in total. The summed E-state index contributed by atoms with van der Waals surface area (Å²) < 4.78 is 1.86. The number of nitrogens with zero attached hydrogens (tertiary/aromatic N) is 2. The van der Waals surface area contributed by atoms with E-state index in [2.05, 4.69) is 22.5 Å². The second-order valence-electron chi connectivity index (χ2n) is 5.94. The molecule has 1 aromatic carbocycles. The molecule has 1 amide bonds. The van der Waals surface area contributed by atoms with Gasteiger partial charge in [0.25, 0.3) is 5.91 Å². The Hall–Kier alpha value is -2.14. The molecule has 0 bridgehead atoms. The van der Waals surface area contributed by atoms with Crippen LogP contribution in [-0.4, -0.2) is 28.3 Å². The molecule has 0 radical (unpaired) electrons. The molecule has 1 saturated carbocycles. The van der Waals surface area contributed by atoms with Crippen LogP contribution in [0.3, 0.4) is 0 Å². The molecule has 1 aromatic heterocycles. The summed E-state index contributed by atoms with van der Waals surface area (Å²) in [4.78, 5) is 12.4. The van der Waals surface area contributed by atoms with Gasteiger partial charge in [0.2, 0.25) is 0 Å². The average Bonchev–Trinajstić information content (AvgIpc) is 3.31. The lowest BCUT2D eigenvalue weighted by Crippen LogP contribution is -2.41. The highest BCUT2D eigenvalue weighted by molar-refractivity contribution is 5.95. The Kier molecular flexibility index (Phi) is 4.24. The minimum atomic E-state index is -0.0702. The van der Waals surface area contributed by atoms with E-state index in [4.69, 9.17) is 5.73 Å². The van der Waals surface area contributed by atoms with Crippen LogP contribution in [0.1, 0.15) is 34.5 Å². The highest BCUT2D eigenvalue weighted by Gasteiger charge is 2.31. The molecule has 0 saturated heterocycles. The Bertz CT molecular complexity index is 646. The normalized spacial score (nSPS) is 15.5. The number of nitrogens with one attached hydrogen (secondary N) is 1. The van der Waals surface area contributed by atoms with Gasteiger partial charge in [-0.15, -0.1) is 0 Å². The van der Waals surface area contributed by atoms with Crippen molar-refractivity contribution in [2.45, 2.75) is 32.4 Å². The number of hydrogen-bond donors (Lipinski definition) is 2. The van der Waals surface area contributed by atoms with Gasteiger partial charge in [-0.2, -0.15) is 5.10 Å². The van der Waals surface area contributed by atoms with E-state index in [9.17, 15) is 4.79 Å². The van der Waals surface area contributed by atoms with Crippen LogP contribution < -0.4 is 11.1 Å². The molecule has 2 aromatic rings. The fourth-order valence-electron chi connectivity index (χ4n) is 2.70. The highest BCUT2D eigenvalue weighted by Crippen LogP contribution is 2.32. The lowest BCUT2D eigenvalue weighted by atomic mass is 10.1. The third-order valence-corrected chi connectivity index (χ3v) is 4.28. The number of hydrogen-bond acceptors (Lipinski definition) is 3. The van der Waals surface area contributed by atoms with Crippen LogP contribution in [0, 0.1) is 12.8 Å². The minimum Gasteiger partial charge on any atom is -0.348 e. The summed E-state index contributed by atoms with van der Waals surface area (Å²) >= 11 is 0. The molecule has 116 valence electrons. The highest BCUT2D eigenvalue weighted by atomic mass is 16.1. The van der Waals surface area contributed by atoms with E-state index >= 15 is 0 Å². The van der Waals surface area contributed by atoms with Gasteiger partial charge in [-0.05, 0) is 31.2 Å². The standard InChI is InChI=1S/C17H22N4O/c1-12-15(17(22)20-16(9-18)14-7-8-14)10-19-21(12)11-13-5-3-2-4-6-13/h2-6,10,14,16H,7-9,11,18H2,1H3,(H,20,22). The van der Waals surface area contributed by atoms with Crippen LogP contribution in [0.15, 0.2) is 36.5 Å². The smallest absolute Gasteiger partial charge is 0.255 e. The van der Waals surface area contributed by atoms with Crippen molar-refractivity contribution in [1.82, 2.24) is 15.1 Å². The zero-order chi connectivity index (χ0) is 15.5. The van der Waals surface area contributed by atoms with Crippen molar-refractivity contribution in [3.8, 4) is 0 Å². The van der Waals surface area contributed by atoms with Gasteiger partial charge in [0.15, 0.2) is 0 Å². The van der Waals surface area contributed by atoms with E-state index in [1.54, 1.807) is 6.20 Å². The molecule has 1 unspecified atom stereocenters. The first-order valence-corrected chi connectivity index (χ1v) is 7.76. The number of nitrogens with two attached hydrogens (primary N) is 1. The van der Waals surface area contributed by atoms with Gasteiger partial charge in [0, 0.05) is 18.3 Å². The van der Waals surface area contributed by atoms with Crippen molar-refractivity contribution in [3.63, 3.8) is 0 Å². The first kappa shape index (κ1) is 14.8. The molecule has 1 fully saturated rings. The van der Waals surface area contributed by atoms with E-state index < -0.39 is 0 Å². The Balaban J connectivity index is 1.71. The van der Waals surface area contributed by atoms with E-state index in [1.165, 1.54) is 5.56 Å². The summed E-state index contributed by atoms with van der Waals surface area (Å²) in [5.41, 5.74) is 8.43. The summed E-state index contributed by atoms with van der Waals surface area (Å²) in [7, 11) is 0. The minimum absolute atomic E-state index is 0.0702. The van der Waals surface area contributed by atoms with Gasteiger partial charge in [0.05, 0.1) is 18.3 Å². The van der Waals surface area contributed by atoms with Crippen molar-refractivity contribution in [2.24, 2.45) is 11.7 Å². The Labute approximate surface area is 130 Å². The largest absolute Gasteiger partial charge is 0.348 e. The molecule has 0 aliphatic heterocycles. The van der Waals surface area contributed by atoms with Crippen LogP contribution in [-0.2, 0) is 6.54 Å². The van der Waals surface area contributed by atoms with Crippen molar-refractivity contribution < 1.29 is 4.79 Å². The number of aromatic nitrogens is 2. The van der Waals surface area contributed by atoms with E-state index in [-0.39, 0.29) is 11.9 Å². The molecule has 1 heterocycles.